The summed E-state index contributed by atoms with van der Waals surface area (Å²) in [4.78, 5) is 25.0. The molecule has 0 aliphatic heterocycles. The van der Waals surface area contributed by atoms with E-state index in [1.54, 1.807) is 0 Å². The first-order valence-electron chi connectivity index (χ1n) is 8.57. The Bertz CT molecular complexity index is 339. The maximum absolute atomic E-state index is 12.5. The maximum Gasteiger partial charge on any atom is 0.310 e. The topological polar surface area (TPSA) is 52.6 Å². The smallest absolute Gasteiger partial charge is 0.310 e. The number of esters is 2. The molecule has 0 heterocycles. The molecule has 0 radical (unpaired) electrons. The van der Waals surface area contributed by atoms with Gasteiger partial charge in [0.15, 0.2) is 0 Å². The molecule has 0 bridgehead atoms. The number of ether oxygens (including phenoxy) is 2. The summed E-state index contributed by atoms with van der Waals surface area (Å²) >= 11 is 0. The van der Waals surface area contributed by atoms with Crippen LogP contribution in [0.2, 0.25) is 0 Å². The minimum atomic E-state index is -0.373. The van der Waals surface area contributed by atoms with Crippen LogP contribution < -0.4 is 0 Å². The highest BCUT2D eigenvalue weighted by Crippen LogP contribution is 2.40. The lowest BCUT2D eigenvalue weighted by Gasteiger charge is -2.37. The van der Waals surface area contributed by atoms with Gasteiger partial charge in [0.2, 0.25) is 0 Å². The first-order valence-corrected chi connectivity index (χ1v) is 8.57. The molecule has 0 aromatic rings. The minimum absolute atomic E-state index is 0.160. The van der Waals surface area contributed by atoms with E-state index in [1.807, 2.05) is 41.5 Å². The van der Waals surface area contributed by atoms with Crippen LogP contribution in [0.5, 0.6) is 0 Å². The molecule has 0 saturated heterocycles. The zero-order valence-corrected chi connectivity index (χ0v) is 14.9. The van der Waals surface area contributed by atoms with Gasteiger partial charge in [-0.05, 0) is 36.5 Å². The lowest BCUT2D eigenvalue weighted by Crippen LogP contribution is -2.43. The molecule has 0 spiro atoms. The van der Waals surface area contributed by atoms with Crippen molar-refractivity contribution >= 4 is 11.9 Å². The van der Waals surface area contributed by atoms with Crippen molar-refractivity contribution in [2.24, 2.45) is 35.5 Å². The summed E-state index contributed by atoms with van der Waals surface area (Å²) in [5, 5.41) is 0. The molecule has 4 heteroatoms. The van der Waals surface area contributed by atoms with Gasteiger partial charge in [-0.15, -0.1) is 0 Å². The van der Waals surface area contributed by atoms with Crippen LogP contribution in [0.3, 0.4) is 0 Å². The molecule has 1 fully saturated rings. The molecule has 0 unspecified atom stereocenters. The third-order valence-corrected chi connectivity index (χ3v) is 4.35. The molecule has 0 N–H and O–H groups in total. The molecule has 1 saturated carbocycles. The second kappa shape index (κ2) is 8.54. The quantitative estimate of drug-likeness (QED) is 0.702. The average Bonchev–Trinajstić information content (AvgIpc) is 2.44. The second-order valence-electron chi connectivity index (χ2n) is 7.63. The molecule has 4 nitrogen and oxygen atoms in total. The molecule has 1 aliphatic carbocycles. The molecule has 0 aromatic heterocycles. The largest absolute Gasteiger partial charge is 0.465 e. The van der Waals surface area contributed by atoms with Gasteiger partial charge in [-0.3, -0.25) is 9.59 Å². The second-order valence-corrected chi connectivity index (χ2v) is 7.63. The summed E-state index contributed by atoms with van der Waals surface area (Å²) in [5.74, 6) is -0.305. The average molecular weight is 312 g/mol. The summed E-state index contributed by atoms with van der Waals surface area (Å²) in [6, 6.07) is 0. The van der Waals surface area contributed by atoms with Gasteiger partial charge in [0.25, 0.3) is 0 Å². The number of carbonyl (C=O) groups excluding carboxylic acids is 2. The highest BCUT2D eigenvalue weighted by atomic mass is 16.5. The molecule has 0 aromatic carbocycles. The Kier molecular flexibility index (Phi) is 7.37. The van der Waals surface area contributed by atoms with Crippen LogP contribution in [0, 0.1) is 35.5 Å². The minimum Gasteiger partial charge on any atom is -0.465 e. The van der Waals surface area contributed by atoms with Crippen molar-refractivity contribution in [3.05, 3.63) is 0 Å². The Labute approximate surface area is 134 Å². The van der Waals surface area contributed by atoms with E-state index in [2.05, 4.69) is 0 Å². The summed E-state index contributed by atoms with van der Waals surface area (Å²) in [5.41, 5.74) is 0. The van der Waals surface area contributed by atoms with Crippen molar-refractivity contribution in [3.8, 4) is 0 Å². The van der Waals surface area contributed by atoms with Gasteiger partial charge in [0, 0.05) is 0 Å². The van der Waals surface area contributed by atoms with Crippen LogP contribution in [0.1, 0.15) is 54.4 Å². The van der Waals surface area contributed by atoms with E-state index in [0.717, 1.165) is 12.8 Å². The maximum atomic E-state index is 12.5. The van der Waals surface area contributed by atoms with Crippen LogP contribution in [-0.2, 0) is 19.1 Å². The first kappa shape index (κ1) is 19.0. The van der Waals surface area contributed by atoms with Gasteiger partial charge in [-0.2, -0.15) is 0 Å². The molecule has 128 valence electrons. The summed E-state index contributed by atoms with van der Waals surface area (Å²) < 4.78 is 10.8. The molecule has 1 rings (SSSR count). The zero-order valence-electron chi connectivity index (χ0n) is 14.9. The monoisotopic (exact) mass is 312 g/mol. The normalized spacial score (nSPS) is 28.7. The molecule has 1 aliphatic rings. The van der Waals surface area contributed by atoms with E-state index in [9.17, 15) is 9.59 Å². The van der Waals surface area contributed by atoms with E-state index < -0.39 is 0 Å². The Morgan fingerprint density at radius 1 is 0.818 bits per heavy atom. The van der Waals surface area contributed by atoms with E-state index in [-0.39, 0.29) is 35.6 Å². The Hall–Kier alpha value is -1.06. The fraction of sp³-hybridized carbons (Fsp3) is 0.889. The van der Waals surface area contributed by atoms with Crippen LogP contribution in [0.15, 0.2) is 0 Å². The first-order chi connectivity index (χ1) is 10.2. The number of carbonyl (C=O) groups is 2. The van der Waals surface area contributed by atoms with E-state index in [4.69, 9.17) is 9.47 Å². The van der Waals surface area contributed by atoms with Crippen molar-refractivity contribution in [2.75, 3.05) is 13.2 Å². The highest BCUT2D eigenvalue weighted by molar-refractivity contribution is 5.82. The van der Waals surface area contributed by atoms with E-state index in [1.165, 1.54) is 0 Å². The Morgan fingerprint density at radius 2 is 1.14 bits per heavy atom. The third kappa shape index (κ3) is 5.29. The van der Waals surface area contributed by atoms with Gasteiger partial charge < -0.3 is 9.47 Å². The summed E-state index contributed by atoms with van der Waals surface area (Å²) in [6.07, 6.45) is 1.91. The predicted octanol–water partition coefficient (Wildman–Crippen LogP) is 3.68. The van der Waals surface area contributed by atoms with Crippen LogP contribution in [0.4, 0.5) is 0 Å². The van der Waals surface area contributed by atoms with Gasteiger partial charge in [0.05, 0.1) is 25.0 Å². The lowest BCUT2D eigenvalue weighted by atomic mass is 9.67. The molecular formula is C18H32O4. The predicted molar refractivity (Wildman–Crippen MR) is 86.1 cm³/mol. The number of hydrogen-bond acceptors (Lipinski definition) is 4. The third-order valence-electron chi connectivity index (χ3n) is 4.35. The van der Waals surface area contributed by atoms with Crippen LogP contribution in [-0.4, -0.2) is 25.2 Å². The van der Waals surface area contributed by atoms with E-state index in [0.29, 0.717) is 25.0 Å². The summed E-state index contributed by atoms with van der Waals surface area (Å²) in [7, 11) is 0. The molecule has 4 atom stereocenters. The molecule has 0 amide bonds. The molecular weight excluding hydrogens is 280 g/mol. The number of rotatable bonds is 6. The standard InChI is InChI=1S/C18H32O4/c1-11(2)9-21-17(19)15-13(5)7-8-14(6)16(15)18(20)22-10-12(3)4/h11-16H,7-10H2,1-6H3/t13-,14+,15-,16-/m0/s1. The zero-order chi connectivity index (χ0) is 16.9. The number of hydrogen-bond donors (Lipinski definition) is 0. The van der Waals surface area contributed by atoms with Crippen molar-refractivity contribution < 1.29 is 19.1 Å². The van der Waals surface area contributed by atoms with Crippen LogP contribution in [0.25, 0.3) is 0 Å². The fourth-order valence-electron chi connectivity index (χ4n) is 3.04. The van der Waals surface area contributed by atoms with Crippen molar-refractivity contribution in [2.45, 2.75) is 54.4 Å². The van der Waals surface area contributed by atoms with Gasteiger partial charge in [0.1, 0.15) is 0 Å². The van der Waals surface area contributed by atoms with Gasteiger partial charge in [-0.25, -0.2) is 0 Å². The summed E-state index contributed by atoms with van der Waals surface area (Å²) in [6.45, 7) is 12.9. The van der Waals surface area contributed by atoms with Crippen molar-refractivity contribution in [1.29, 1.82) is 0 Å². The van der Waals surface area contributed by atoms with Gasteiger partial charge in [-0.1, -0.05) is 41.5 Å². The Morgan fingerprint density at radius 3 is 1.41 bits per heavy atom. The molecule has 22 heavy (non-hydrogen) atoms. The van der Waals surface area contributed by atoms with Crippen molar-refractivity contribution in [1.82, 2.24) is 0 Å². The lowest BCUT2D eigenvalue weighted by molar-refractivity contribution is -0.169. The van der Waals surface area contributed by atoms with Gasteiger partial charge >= 0.3 is 11.9 Å². The van der Waals surface area contributed by atoms with E-state index >= 15 is 0 Å². The SMILES string of the molecule is CC(C)COC(=O)[C@@H]1[C@@H](C(=O)OCC(C)C)[C@@H](C)CC[C@H]1C. The fourth-order valence-corrected chi connectivity index (χ4v) is 3.04. The van der Waals surface area contributed by atoms with Crippen molar-refractivity contribution in [3.63, 3.8) is 0 Å². The highest BCUT2D eigenvalue weighted by Gasteiger charge is 2.45. The van der Waals surface area contributed by atoms with Crippen LogP contribution >= 0.6 is 0 Å². The Balaban J connectivity index is 2.81.